The van der Waals surface area contributed by atoms with Gasteiger partial charge in [-0.3, -0.25) is 14.5 Å². The maximum Gasteiger partial charge on any atom is 0.325 e. The average molecular weight is 369 g/mol. The topological polar surface area (TPSA) is 69.7 Å². The molecule has 0 radical (unpaired) electrons. The normalized spacial score (nSPS) is 26.1. The fourth-order valence-corrected chi connectivity index (χ4v) is 4.10. The molecule has 4 rings (SSSR count). The first-order chi connectivity index (χ1) is 12.9. The summed E-state index contributed by atoms with van der Waals surface area (Å²) in [5.41, 5.74) is 0.211. The van der Waals surface area contributed by atoms with E-state index in [4.69, 9.17) is 0 Å². The van der Waals surface area contributed by atoms with E-state index in [1.165, 1.54) is 0 Å². The number of rotatable bonds is 7. The largest absolute Gasteiger partial charge is 0.334 e. The second-order valence-corrected chi connectivity index (χ2v) is 8.38. The first-order valence-electron chi connectivity index (χ1n) is 9.87. The zero-order valence-electron chi connectivity index (χ0n) is 16.0. The molecule has 0 aromatic heterocycles. The molecule has 2 unspecified atom stereocenters. The Morgan fingerprint density at radius 2 is 1.89 bits per heavy atom. The Kier molecular flexibility index (Phi) is 4.44. The zero-order valence-corrected chi connectivity index (χ0v) is 16.0. The molecule has 6 nitrogen and oxygen atoms in total. The van der Waals surface area contributed by atoms with Crippen LogP contribution in [0.5, 0.6) is 0 Å². The van der Waals surface area contributed by atoms with Crippen molar-refractivity contribution in [3.05, 3.63) is 35.9 Å². The number of nitrogens with one attached hydrogen (secondary N) is 1. The van der Waals surface area contributed by atoms with E-state index < -0.39 is 11.6 Å². The number of carbonyl (C=O) groups is 3. The molecule has 3 fully saturated rings. The molecule has 1 N–H and O–H groups in total. The Morgan fingerprint density at radius 3 is 2.48 bits per heavy atom. The lowest BCUT2D eigenvalue weighted by molar-refractivity contribution is -0.141. The van der Waals surface area contributed by atoms with Crippen LogP contribution in [0.1, 0.15) is 45.1 Å². The highest BCUT2D eigenvalue weighted by atomic mass is 16.2. The minimum absolute atomic E-state index is 0.105. The summed E-state index contributed by atoms with van der Waals surface area (Å²) in [4.78, 5) is 41.3. The molecular weight excluding hydrogens is 342 g/mol. The van der Waals surface area contributed by atoms with Crippen LogP contribution in [0.25, 0.3) is 0 Å². The second-order valence-electron chi connectivity index (χ2n) is 8.38. The standard InChI is InChI=1S/C21H27N3O3/c1-14(16-8-9-16)23(12-15-6-4-3-5-7-15)18(25)13-24-19(26)21(2,17-10-11-17)22-20(24)27/h3-7,14,16-17H,8-13H2,1-2H3,(H,22,27). The van der Waals surface area contributed by atoms with E-state index in [1.807, 2.05) is 35.2 Å². The van der Waals surface area contributed by atoms with Gasteiger partial charge < -0.3 is 10.2 Å². The summed E-state index contributed by atoms with van der Waals surface area (Å²) in [6, 6.07) is 9.52. The maximum atomic E-state index is 13.1. The van der Waals surface area contributed by atoms with Crippen molar-refractivity contribution in [2.45, 2.75) is 57.7 Å². The monoisotopic (exact) mass is 369 g/mol. The van der Waals surface area contributed by atoms with E-state index in [9.17, 15) is 14.4 Å². The highest BCUT2D eigenvalue weighted by Gasteiger charge is 2.56. The molecule has 4 amide bonds. The summed E-state index contributed by atoms with van der Waals surface area (Å²) < 4.78 is 0. The highest BCUT2D eigenvalue weighted by molar-refractivity contribution is 6.09. The molecule has 2 saturated carbocycles. The minimum atomic E-state index is -0.844. The van der Waals surface area contributed by atoms with Gasteiger partial charge in [0, 0.05) is 12.6 Å². The predicted octanol–water partition coefficient (Wildman–Crippen LogP) is 2.53. The van der Waals surface area contributed by atoms with E-state index in [-0.39, 0.29) is 30.3 Å². The van der Waals surface area contributed by atoms with Crippen LogP contribution in [-0.4, -0.2) is 45.8 Å². The van der Waals surface area contributed by atoms with Gasteiger partial charge in [-0.1, -0.05) is 30.3 Å². The van der Waals surface area contributed by atoms with Gasteiger partial charge in [-0.15, -0.1) is 0 Å². The molecule has 6 heteroatoms. The molecule has 1 saturated heterocycles. The Bertz CT molecular complexity index is 757. The number of hydrogen-bond acceptors (Lipinski definition) is 3. The highest BCUT2D eigenvalue weighted by Crippen LogP contribution is 2.42. The molecule has 1 aliphatic heterocycles. The molecule has 2 aliphatic carbocycles. The van der Waals surface area contributed by atoms with Gasteiger partial charge in [-0.2, -0.15) is 0 Å². The third-order valence-corrected chi connectivity index (χ3v) is 6.30. The summed E-state index contributed by atoms with van der Waals surface area (Å²) >= 11 is 0. The average Bonchev–Trinajstić information content (AvgIpc) is 3.55. The van der Waals surface area contributed by atoms with Gasteiger partial charge in [-0.05, 0) is 56.9 Å². The van der Waals surface area contributed by atoms with Crippen molar-refractivity contribution in [1.82, 2.24) is 15.1 Å². The SMILES string of the molecule is CC(C1CC1)N(Cc1ccccc1)C(=O)CN1C(=O)NC(C)(C2CC2)C1=O. The predicted molar refractivity (Wildman–Crippen MR) is 101 cm³/mol. The van der Waals surface area contributed by atoms with Crippen LogP contribution in [0.2, 0.25) is 0 Å². The third kappa shape index (κ3) is 3.45. The Hall–Kier alpha value is -2.37. The lowest BCUT2D eigenvalue weighted by Gasteiger charge is -2.31. The van der Waals surface area contributed by atoms with Crippen LogP contribution in [0.4, 0.5) is 4.79 Å². The van der Waals surface area contributed by atoms with Crippen LogP contribution in [0, 0.1) is 11.8 Å². The van der Waals surface area contributed by atoms with E-state index in [0.29, 0.717) is 12.5 Å². The van der Waals surface area contributed by atoms with Gasteiger partial charge in [0.15, 0.2) is 0 Å². The number of benzene rings is 1. The number of imide groups is 1. The fourth-order valence-electron chi connectivity index (χ4n) is 4.10. The van der Waals surface area contributed by atoms with Crippen molar-refractivity contribution in [3.8, 4) is 0 Å². The van der Waals surface area contributed by atoms with Gasteiger partial charge in [0.05, 0.1) is 0 Å². The van der Waals surface area contributed by atoms with Crippen molar-refractivity contribution in [3.63, 3.8) is 0 Å². The number of nitrogens with zero attached hydrogens (tertiary/aromatic N) is 2. The van der Waals surface area contributed by atoms with Crippen molar-refractivity contribution in [2.75, 3.05) is 6.54 Å². The van der Waals surface area contributed by atoms with E-state index in [1.54, 1.807) is 6.92 Å². The Morgan fingerprint density at radius 1 is 1.22 bits per heavy atom. The molecule has 27 heavy (non-hydrogen) atoms. The van der Waals surface area contributed by atoms with E-state index >= 15 is 0 Å². The molecule has 144 valence electrons. The lowest BCUT2D eigenvalue weighted by Crippen LogP contribution is -2.48. The first-order valence-corrected chi connectivity index (χ1v) is 9.87. The Balaban J connectivity index is 1.49. The lowest BCUT2D eigenvalue weighted by atomic mass is 9.96. The second kappa shape index (κ2) is 6.66. The summed E-state index contributed by atoms with van der Waals surface area (Å²) in [7, 11) is 0. The minimum Gasteiger partial charge on any atom is -0.334 e. The van der Waals surface area contributed by atoms with Gasteiger partial charge in [0.2, 0.25) is 5.91 Å². The molecule has 2 atom stereocenters. The van der Waals surface area contributed by atoms with Crippen molar-refractivity contribution < 1.29 is 14.4 Å². The van der Waals surface area contributed by atoms with Crippen molar-refractivity contribution in [2.24, 2.45) is 11.8 Å². The third-order valence-electron chi connectivity index (χ3n) is 6.30. The van der Waals surface area contributed by atoms with Gasteiger partial charge in [-0.25, -0.2) is 4.79 Å². The number of amides is 4. The molecule has 1 aromatic rings. The van der Waals surface area contributed by atoms with Crippen LogP contribution in [-0.2, 0) is 16.1 Å². The molecule has 1 heterocycles. The van der Waals surface area contributed by atoms with Crippen molar-refractivity contribution in [1.29, 1.82) is 0 Å². The smallest absolute Gasteiger partial charge is 0.325 e. The first kappa shape index (κ1) is 18.0. The van der Waals surface area contributed by atoms with Gasteiger partial charge >= 0.3 is 6.03 Å². The summed E-state index contributed by atoms with van der Waals surface area (Å²) in [5.74, 6) is 0.279. The van der Waals surface area contributed by atoms with E-state index in [2.05, 4.69) is 12.2 Å². The zero-order chi connectivity index (χ0) is 19.2. The van der Waals surface area contributed by atoms with Crippen LogP contribution in [0.3, 0.4) is 0 Å². The van der Waals surface area contributed by atoms with Gasteiger partial charge in [0.25, 0.3) is 5.91 Å². The Labute approximate surface area is 159 Å². The van der Waals surface area contributed by atoms with Crippen LogP contribution >= 0.6 is 0 Å². The van der Waals surface area contributed by atoms with Crippen molar-refractivity contribution >= 4 is 17.8 Å². The molecule has 3 aliphatic rings. The summed E-state index contributed by atoms with van der Waals surface area (Å²) in [6.07, 6.45) is 4.15. The molecule has 1 aromatic carbocycles. The molecule has 0 spiro atoms. The summed E-state index contributed by atoms with van der Waals surface area (Å²) in [6.45, 7) is 4.17. The quantitative estimate of drug-likeness (QED) is 0.751. The fraction of sp³-hybridized carbons (Fsp3) is 0.571. The van der Waals surface area contributed by atoms with E-state index in [0.717, 1.165) is 36.1 Å². The number of hydrogen-bond donors (Lipinski definition) is 1. The number of carbonyl (C=O) groups excluding carboxylic acids is 3. The summed E-state index contributed by atoms with van der Waals surface area (Å²) in [5, 5.41) is 2.82. The molecular formula is C21H27N3O3. The maximum absolute atomic E-state index is 13.1. The number of urea groups is 1. The van der Waals surface area contributed by atoms with Crippen LogP contribution < -0.4 is 5.32 Å². The van der Waals surface area contributed by atoms with Crippen LogP contribution in [0.15, 0.2) is 30.3 Å². The van der Waals surface area contributed by atoms with Gasteiger partial charge in [0.1, 0.15) is 12.1 Å². The molecule has 0 bridgehead atoms.